The quantitative estimate of drug-likeness (QED) is 0.441. The molecule has 0 aliphatic heterocycles. The van der Waals surface area contributed by atoms with E-state index in [-0.39, 0.29) is 11.4 Å². The number of aliphatic hydroxyl groups is 1. The Labute approximate surface area is 129 Å². The van der Waals surface area contributed by atoms with Crippen molar-refractivity contribution in [2.24, 2.45) is 0 Å². The number of rotatable bonds is 4. The van der Waals surface area contributed by atoms with E-state index in [4.69, 9.17) is 15.2 Å². The van der Waals surface area contributed by atoms with Crippen molar-refractivity contribution in [3.63, 3.8) is 0 Å². The minimum atomic E-state index is -1.27. The van der Waals surface area contributed by atoms with Crippen LogP contribution in [0, 0.1) is 0 Å². The fraction of sp³-hybridized carbons (Fsp3) is 0.467. The number of nitrogens with two attached hydrogens (primary N) is 1. The summed E-state index contributed by atoms with van der Waals surface area (Å²) in [7, 11) is 0. The van der Waals surface area contributed by atoms with Crippen molar-refractivity contribution in [3.05, 3.63) is 24.3 Å². The average Bonchev–Trinajstić information content (AvgIpc) is 2.36. The van der Waals surface area contributed by atoms with Gasteiger partial charge in [0.1, 0.15) is 5.60 Å². The van der Waals surface area contributed by atoms with E-state index in [1.54, 1.807) is 39.0 Å². The first-order valence-electron chi connectivity index (χ1n) is 6.84. The van der Waals surface area contributed by atoms with E-state index in [1.807, 2.05) is 0 Å². The maximum atomic E-state index is 12.1. The van der Waals surface area contributed by atoms with Gasteiger partial charge in [0, 0.05) is 0 Å². The van der Waals surface area contributed by atoms with Gasteiger partial charge in [0.25, 0.3) is 0 Å². The Kier molecular flexibility index (Phi) is 5.76. The summed E-state index contributed by atoms with van der Waals surface area (Å²) >= 11 is 0. The van der Waals surface area contributed by atoms with Crippen molar-refractivity contribution >= 4 is 17.7 Å². The van der Waals surface area contributed by atoms with Gasteiger partial charge in [0.2, 0.25) is 0 Å². The van der Waals surface area contributed by atoms with Crippen molar-refractivity contribution in [2.75, 3.05) is 5.73 Å². The first kappa shape index (κ1) is 17.8. The Hall–Kier alpha value is -2.28. The lowest BCUT2D eigenvalue weighted by atomic mass is 10.2. The minimum absolute atomic E-state index is 0.157. The zero-order valence-electron chi connectivity index (χ0n) is 13.1. The molecule has 2 atom stereocenters. The summed E-state index contributed by atoms with van der Waals surface area (Å²) in [5.41, 5.74) is 5.23. The van der Waals surface area contributed by atoms with Gasteiger partial charge in [0.15, 0.2) is 11.8 Å². The van der Waals surface area contributed by atoms with Crippen molar-refractivity contribution in [1.29, 1.82) is 0 Å². The van der Waals surface area contributed by atoms with Crippen LogP contribution >= 0.6 is 0 Å². The number of amides is 1. The number of carbonyl (C=O) groups is 2. The van der Waals surface area contributed by atoms with Crippen molar-refractivity contribution in [1.82, 2.24) is 5.32 Å². The molecule has 22 heavy (non-hydrogen) atoms. The summed E-state index contributed by atoms with van der Waals surface area (Å²) in [6.07, 6.45) is -1.98. The van der Waals surface area contributed by atoms with E-state index >= 15 is 0 Å². The molecule has 7 heteroatoms. The van der Waals surface area contributed by atoms with Crippen LogP contribution in [-0.2, 0) is 9.53 Å². The first-order valence-corrected chi connectivity index (χ1v) is 6.84. The molecule has 1 aromatic rings. The Bertz CT molecular complexity index is 537. The zero-order valence-corrected chi connectivity index (χ0v) is 13.1. The van der Waals surface area contributed by atoms with E-state index in [1.165, 1.54) is 13.0 Å². The summed E-state index contributed by atoms with van der Waals surface area (Å²) in [4.78, 5) is 23.8. The number of alkyl carbamates (subject to hydrolysis) is 1. The monoisotopic (exact) mass is 310 g/mol. The van der Waals surface area contributed by atoms with Crippen LogP contribution in [0.1, 0.15) is 27.7 Å². The van der Waals surface area contributed by atoms with Gasteiger partial charge in [-0.05, 0) is 39.8 Å². The molecule has 0 spiro atoms. The molecule has 1 amide bonds. The van der Waals surface area contributed by atoms with E-state index in [2.05, 4.69) is 5.32 Å². The van der Waals surface area contributed by atoms with Gasteiger partial charge in [0.05, 0.1) is 11.8 Å². The number of nitrogens with one attached hydrogen (secondary N) is 1. The highest BCUT2D eigenvalue weighted by atomic mass is 16.6. The van der Waals surface area contributed by atoms with Gasteiger partial charge in [-0.3, -0.25) is 0 Å². The predicted molar refractivity (Wildman–Crippen MR) is 81.3 cm³/mol. The molecule has 0 radical (unpaired) electrons. The highest BCUT2D eigenvalue weighted by Gasteiger charge is 2.30. The zero-order chi connectivity index (χ0) is 16.9. The number of hydrogen-bond donors (Lipinski definition) is 3. The standard InChI is InChI=1S/C15H22N2O5/c1-9(18)12(17-14(20)22-15(2,3)4)13(19)21-11-8-6-5-7-10(11)16/h5-9,12,18H,16H2,1-4H3,(H,17,20)/t9-,12+/m0/s1. The van der Waals surface area contributed by atoms with Crippen LogP contribution in [0.15, 0.2) is 24.3 Å². The van der Waals surface area contributed by atoms with Crippen LogP contribution in [0.3, 0.4) is 0 Å². The molecule has 0 aromatic heterocycles. The highest BCUT2D eigenvalue weighted by Crippen LogP contribution is 2.20. The van der Waals surface area contributed by atoms with Gasteiger partial charge < -0.3 is 25.6 Å². The minimum Gasteiger partial charge on any atom is -0.444 e. The lowest BCUT2D eigenvalue weighted by Gasteiger charge is -2.24. The second-order valence-corrected chi connectivity index (χ2v) is 5.82. The molecule has 0 aliphatic rings. The number of esters is 1. The average molecular weight is 310 g/mol. The molecule has 0 bridgehead atoms. The van der Waals surface area contributed by atoms with Crippen LogP contribution < -0.4 is 15.8 Å². The number of nitrogen functional groups attached to an aromatic ring is 1. The van der Waals surface area contributed by atoms with Crippen LogP contribution in [-0.4, -0.2) is 34.9 Å². The Morgan fingerprint density at radius 2 is 1.86 bits per heavy atom. The lowest BCUT2D eigenvalue weighted by Crippen LogP contribution is -2.50. The number of carbonyl (C=O) groups excluding carboxylic acids is 2. The number of benzene rings is 1. The second kappa shape index (κ2) is 7.13. The molecular weight excluding hydrogens is 288 g/mol. The summed E-state index contributed by atoms with van der Waals surface area (Å²) in [6.45, 7) is 6.42. The van der Waals surface area contributed by atoms with Crippen molar-refractivity contribution in [3.8, 4) is 5.75 Å². The number of ether oxygens (including phenoxy) is 2. The maximum absolute atomic E-state index is 12.1. The largest absolute Gasteiger partial charge is 0.444 e. The fourth-order valence-electron chi connectivity index (χ4n) is 1.56. The molecule has 0 fully saturated rings. The molecule has 0 saturated carbocycles. The van der Waals surface area contributed by atoms with Crippen LogP contribution in [0.4, 0.5) is 10.5 Å². The number of hydrogen-bond acceptors (Lipinski definition) is 6. The third kappa shape index (κ3) is 5.61. The van der Waals surface area contributed by atoms with Crippen LogP contribution in [0.25, 0.3) is 0 Å². The number of para-hydroxylation sites is 2. The van der Waals surface area contributed by atoms with Crippen LogP contribution in [0.2, 0.25) is 0 Å². The Balaban J connectivity index is 2.77. The normalized spacial score (nSPS) is 13.9. The first-order chi connectivity index (χ1) is 10.1. The van der Waals surface area contributed by atoms with Gasteiger partial charge in [-0.15, -0.1) is 0 Å². The number of anilines is 1. The Morgan fingerprint density at radius 1 is 1.27 bits per heavy atom. The van der Waals surface area contributed by atoms with Gasteiger partial charge >= 0.3 is 12.1 Å². The smallest absolute Gasteiger partial charge is 0.408 e. The van der Waals surface area contributed by atoms with E-state index in [0.717, 1.165) is 0 Å². The molecule has 0 unspecified atom stereocenters. The molecule has 0 saturated heterocycles. The summed E-state index contributed by atoms with van der Waals surface area (Å²) in [5, 5.41) is 12.0. The highest BCUT2D eigenvalue weighted by molar-refractivity contribution is 5.84. The SMILES string of the molecule is C[C@H](O)[C@@H](NC(=O)OC(C)(C)C)C(=O)Oc1ccccc1N. The Morgan fingerprint density at radius 3 is 2.36 bits per heavy atom. The third-order valence-corrected chi connectivity index (χ3v) is 2.54. The molecule has 4 N–H and O–H groups in total. The molecule has 0 heterocycles. The maximum Gasteiger partial charge on any atom is 0.408 e. The second-order valence-electron chi connectivity index (χ2n) is 5.82. The molecule has 122 valence electrons. The summed E-state index contributed by atoms with van der Waals surface area (Å²) in [5.74, 6) is -0.678. The van der Waals surface area contributed by atoms with Crippen molar-refractivity contribution in [2.45, 2.75) is 45.4 Å². The topological polar surface area (TPSA) is 111 Å². The van der Waals surface area contributed by atoms with Gasteiger partial charge in [-0.2, -0.15) is 0 Å². The van der Waals surface area contributed by atoms with E-state index in [0.29, 0.717) is 0 Å². The van der Waals surface area contributed by atoms with Crippen molar-refractivity contribution < 1.29 is 24.2 Å². The molecular formula is C15H22N2O5. The summed E-state index contributed by atoms with van der Waals surface area (Å²) < 4.78 is 10.2. The van der Waals surface area contributed by atoms with E-state index in [9.17, 15) is 14.7 Å². The lowest BCUT2D eigenvalue weighted by molar-refractivity contribution is -0.139. The molecule has 1 aromatic carbocycles. The van der Waals surface area contributed by atoms with Gasteiger partial charge in [-0.25, -0.2) is 9.59 Å². The molecule has 0 aliphatic carbocycles. The van der Waals surface area contributed by atoms with Crippen LogP contribution in [0.5, 0.6) is 5.75 Å². The van der Waals surface area contributed by atoms with E-state index < -0.39 is 29.8 Å². The third-order valence-electron chi connectivity index (χ3n) is 2.54. The fourth-order valence-corrected chi connectivity index (χ4v) is 1.56. The summed E-state index contributed by atoms with van der Waals surface area (Å²) in [6, 6.07) is 5.16. The number of aliphatic hydroxyl groups excluding tert-OH is 1. The van der Waals surface area contributed by atoms with Gasteiger partial charge in [-0.1, -0.05) is 12.1 Å². The molecule has 1 rings (SSSR count). The predicted octanol–water partition coefficient (Wildman–Crippen LogP) is 1.45. The molecule has 7 nitrogen and oxygen atoms in total.